The van der Waals surface area contributed by atoms with E-state index in [1.165, 1.54) is 22.8 Å². The molecule has 2 heteroatoms. The molecule has 0 aliphatic carbocycles. The molecule has 2 nitrogen and oxygen atoms in total. The van der Waals surface area contributed by atoms with Crippen molar-refractivity contribution in [3.8, 4) is 0 Å². The van der Waals surface area contributed by atoms with Gasteiger partial charge in [0.15, 0.2) is 0 Å². The minimum atomic E-state index is -0.298. The second kappa shape index (κ2) is 6.66. The van der Waals surface area contributed by atoms with Crippen LogP contribution in [0.2, 0.25) is 0 Å². The third-order valence-electron chi connectivity index (χ3n) is 3.94. The Hall–Kier alpha value is -2.61. The lowest BCUT2D eigenvalue weighted by atomic mass is 9.95. The molecule has 0 saturated heterocycles. The molecule has 0 amide bonds. The van der Waals surface area contributed by atoms with Crippen LogP contribution in [0.5, 0.6) is 0 Å². The molecule has 2 aromatic carbocycles. The van der Waals surface area contributed by atoms with E-state index in [1.807, 2.05) is 30.3 Å². The number of benzene rings is 2. The van der Waals surface area contributed by atoms with Crippen molar-refractivity contribution in [1.82, 2.24) is 0 Å². The second-order valence-corrected chi connectivity index (χ2v) is 6.02. The molecule has 0 N–H and O–H groups in total. The van der Waals surface area contributed by atoms with Crippen molar-refractivity contribution >= 4 is 11.0 Å². The maximum Gasteiger partial charge on any atom is 0.336 e. The van der Waals surface area contributed by atoms with Crippen LogP contribution in [0.25, 0.3) is 11.0 Å². The van der Waals surface area contributed by atoms with Crippen LogP contribution in [0.1, 0.15) is 30.5 Å². The van der Waals surface area contributed by atoms with Gasteiger partial charge in [0.05, 0.1) is 0 Å². The molecular formula is C21H20O2. The third kappa shape index (κ3) is 3.59. The Morgan fingerprint density at radius 3 is 2.48 bits per heavy atom. The highest BCUT2D eigenvalue weighted by molar-refractivity contribution is 5.81. The van der Waals surface area contributed by atoms with Gasteiger partial charge in [-0.1, -0.05) is 54.1 Å². The largest absolute Gasteiger partial charge is 0.422 e. The lowest BCUT2D eigenvalue weighted by Gasteiger charge is -2.11. The van der Waals surface area contributed by atoms with E-state index in [9.17, 15) is 4.79 Å². The van der Waals surface area contributed by atoms with E-state index in [0.717, 1.165) is 23.8 Å². The molecule has 3 rings (SSSR count). The minimum absolute atomic E-state index is 0.298. The molecule has 0 fully saturated rings. The first-order chi connectivity index (χ1) is 11.1. The Balaban J connectivity index is 2.13. The van der Waals surface area contributed by atoms with Gasteiger partial charge in [-0.3, -0.25) is 0 Å². The van der Waals surface area contributed by atoms with Crippen molar-refractivity contribution in [1.29, 1.82) is 0 Å². The molecule has 1 heterocycles. The fraction of sp³-hybridized carbons (Fsp3) is 0.190. The highest BCUT2D eigenvalue weighted by atomic mass is 16.4. The molecule has 116 valence electrons. The van der Waals surface area contributed by atoms with Gasteiger partial charge in [0.1, 0.15) is 5.58 Å². The Kier molecular flexibility index (Phi) is 4.42. The van der Waals surface area contributed by atoms with E-state index in [4.69, 9.17) is 4.42 Å². The fourth-order valence-electron chi connectivity index (χ4n) is 2.74. The topological polar surface area (TPSA) is 30.2 Å². The molecule has 0 spiro atoms. The summed E-state index contributed by atoms with van der Waals surface area (Å²) < 4.78 is 5.52. The van der Waals surface area contributed by atoms with Gasteiger partial charge in [-0.25, -0.2) is 4.79 Å². The van der Waals surface area contributed by atoms with Crippen LogP contribution in [-0.4, -0.2) is 0 Å². The van der Waals surface area contributed by atoms with Crippen molar-refractivity contribution in [3.63, 3.8) is 0 Å². The molecule has 0 radical (unpaired) electrons. The van der Waals surface area contributed by atoms with Crippen molar-refractivity contribution < 1.29 is 4.42 Å². The number of hydrogen-bond donors (Lipinski definition) is 0. The molecule has 0 aliphatic heterocycles. The zero-order valence-corrected chi connectivity index (χ0v) is 13.5. The van der Waals surface area contributed by atoms with Gasteiger partial charge in [-0.05, 0) is 43.9 Å². The molecule has 0 aliphatic rings. The highest BCUT2D eigenvalue weighted by Crippen LogP contribution is 2.25. The van der Waals surface area contributed by atoms with Crippen molar-refractivity contribution in [2.24, 2.45) is 0 Å². The summed E-state index contributed by atoms with van der Waals surface area (Å²) in [5.41, 5.74) is 5.23. The predicted molar refractivity (Wildman–Crippen MR) is 94.9 cm³/mol. The summed E-state index contributed by atoms with van der Waals surface area (Å²) >= 11 is 0. The molecular weight excluding hydrogens is 284 g/mol. The second-order valence-electron chi connectivity index (χ2n) is 6.02. The van der Waals surface area contributed by atoms with Gasteiger partial charge in [-0.15, -0.1) is 0 Å². The quantitative estimate of drug-likeness (QED) is 0.507. The van der Waals surface area contributed by atoms with Gasteiger partial charge >= 0.3 is 5.63 Å². The average molecular weight is 304 g/mol. The third-order valence-corrected chi connectivity index (χ3v) is 3.94. The van der Waals surface area contributed by atoms with Crippen LogP contribution in [-0.2, 0) is 12.8 Å². The molecule has 1 aromatic heterocycles. The minimum Gasteiger partial charge on any atom is -0.422 e. The van der Waals surface area contributed by atoms with Crippen LogP contribution in [0.3, 0.4) is 0 Å². The first-order valence-electron chi connectivity index (χ1n) is 7.85. The van der Waals surface area contributed by atoms with E-state index >= 15 is 0 Å². The van der Waals surface area contributed by atoms with Gasteiger partial charge in [0.2, 0.25) is 0 Å². The fourth-order valence-corrected chi connectivity index (χ4v) is 2.74. The molecule has 23 heavy (non-hydrogen) atoms. The number of rotatable bonds is 4. The number of fused-ring (bicyclic) bond motifs is 1. The van der Waals surface area contributed by atoms with E-state index in [0.29, 0.717) is 5.58 Å². The molecule has 0 unspecified atom stereocenters. The monoisotopic (exact) mass is 304 g/mol. The highest BCUT2D eigenvalue weighted by Gasteiger charge is 2.10. The Morgan fingerprint density at radius 1 is 1.00 bits per heavy atom. The summed E-state index contributed by atoms with van der Waals surface area (Å²) in [6.07, 6.45) is 3.78. The molecule has 3 aromatic rings. The van der Waals surface area contributed by atoms with E-state index in [-0.39, 0.29) is 5.63 Å². The van der Waals surface area contributed by atoms with Gasteiger partial charge < -0.3 is 4.42 Å². The summed E-state index contributed by atoms with van der Waals surface area (Å²) in [6.45, 7) is 4.16. The van der Waals surface area contributed by atoms with Crippen LogP contribution < -0.4 is 5.63 Å². The number of allylic oxidation sites excluding steroid dienone is 2. The Labute approximate surface area is 136 Å². The molecule has 0 bridgehead atoms. The van der Waals surface area contributed by atoms with Crippen molar-refractivity contribution in [3.05, 3.63) is 93.4 Å². The maximum atomic E-state index is 11.7. The smallest absolute Gasteiger partial charge is 0.336 e. The van der Waals surface area contributed by atoms with Crippen LogP contribution >= 0.6 is 0 Å². The Morgan fingerprint density at radius 2 is 1.74 bits per heavy atom. The normalized spacial score (nSPS) is 10.7. The lowest BCUT2D eigenvalue weighted by molar-refractivity contribution is 0.557. The summed E-state index contributed by atoms with van der Waals surface area (Å²) in [6, 6.07) is 17.8. The summed E-state index contributed by atoms with van der Waals surface area (Å²) in [7, 11) is 0. The molecule has 0 atom stereocenters. The molecule has 0 saturated carbocycles. The van der Waals surface area contributed by atoms with Crippen molar-refractivity contribution in [2.45, 2.75) is 26.7 Å². The van der Waals surface area contributed by atoms with Crippen LogP contribution in [0.4, 0.5) is 0 Å². The standard InChI is InChI=1S/C21H20O2/c1-15(2)8-12-19-18(14-16-6-4-3-5-7-16)10-9-17-11-13-20(22)23-21(17)19/h3-11,13H,12,14H2,1-2H3. The van der Waals surface area contributed by atoms with Gasteiger partial charge in [-0.2, -0.15) is 0 Å². The van der Waals surface area contributed by atoms with Crippen LogP contribution in [0.15, 0.2) is 75.5 Å². The van der Waals surface area contributed by atoms with E-state index in [1.54, 1.807) is 0 Å². The summed E-state index contributed by atoms with van der Waals surface area (Å²) in [4.78, 5) is 11.7. The van der Waals surface area contributed by atoms with E-state index in [2.05, 4.69) is 38.1 Å². The average Bonchev–Trinajstić information content (AvgIpc) is 2.54. The lowest BCUT2D eigenvalue weighted by Crippen LogP contribution is -2.01. The maximum absolute atomic E-state index is 11.7. The van der Waals surface area contributed by atoms with Crippen molar-refractivity contribution in [2.75, 3.05) is 0 Å². The zero-order valence-electron chi connectivity index (χ0n) is 13.5. The SMILES string of the molecule is CC(C)=CCc1c(Cc2ccccc2)ccc2ccc(=O)oc12. The predicted octanol–water partition coefficient (Wildman–Crippen LogP) is 4.89. The Bertz CT molecular complexity index is 898. The van der Waals surface area contributed by atoms with Gasteiger partial charge in [0, 0.05) is 17.0 Å². The van der Waals surface area contributed by atoms with Gasteiger partial charge in [0.25, 0.3) is 0 Å². The summed E-state index contributed by atoms with van der Waals surface area (Å²) in [5.74, 6) is 0. The van der Waals surface area contributed by atoms with Crippen LogP contribution in [0, 0.1) is 0 Å². The first kappa shape index (κ1) is 15.3. The van der Waals surface area contributed by atoms with E-state index < -0.39 is 0 Å². The summed E-state index contributed by atoms with van der Waals surface area (Å²) in [5, 5.41) is 0.971. The number of hydrogen-bond acceptors (Lipinski definition) is 2. The zero-order chi connectivity index (χ0) is 16.2. The first-order valence-corrected chi connectivity index (χ1v) is 7.85.